The fourth-order valence-corrected chi connectivity index (χ4v) is 2.55. The number of hydrogen-bond donors (Lipinski definition) is 1. The SMILES string of the molecule is CCC(CC)C(=O)Nc1onc2c1C[C@@H](C)CC2. The van der Waals surface area contributed by atoms with Crippen molar-refractivity contribution in [2.24, 2.45) is 11.8 Å². The number of carbonyl (C=O) groups is 1. The molecule has 0 saturated carbocycles. The van der Waals surface area contributed by atoms with Crippen LogP contribution in [-0.4, -0.2) is 11.1 Å². The minimum atomic E-state index is 0.0529. The van der Waals surface area contributed by atoms with Gasteiger partial charge in [-0.3, -0.25) is 10.1 Å². The van der Waals surface area contributed by atoms with Crippen LogP contribution in [0.4, 0.5) is 5.88 Å². The summed E-state index contributed by atoms with van der Waals surface area (Å²) in [5.41, 5.74) is 2.13. The molecule has 18 heavy (non-hydrogen) atoms. The molecule has 0 unspecified atom stereocenters. The number of carbonyl (C=O) groups excluding carboxylic acids is 1. The third kappa shape index (κ3) is 2.57. The lowest BCUT2D eigenvalue weighted by atomic mass is 9.89. The minimum Gasteiger partial charge on any atom is -0.338 e. The average Bonchev–Trinajstić information content (AvgIpc) is 2.73. The molecule has 0 saturated heterocycles. The smallest absolute Gasteiger partial charge is 0.234 e. The van der Waals surface area contributed by atoms with Crippen LogP contribution in [0.5, 0.6) is 0 Å². The Morgan fingerprint density at radius 2 is 2.22 bits per heavy atom. The van der Waals surface area contributed by atoms with Gasteiger partial charge in [-0.1, -0.05) is 25.9 Å². The first-order chi connectivity index (χ1) is 8.65. The van der Waals surface area contributed by atoms with E-state index < -0.39 is 0 Å². The Morgan fingerprint density at radius 3 is 2.89 bits per heavy atom. The van der Waals surface area contributed by atoms with Gasteiger partial charge in [0.2, 0.25) is 11.8 Å². The second-order valence-corrected chi connectivity index (χ2v) is 5.29. The number of amides is 1. The fraction of sp³-hybridized carbons (Fsp3) is 0.714. The summed E-state index contributed by atoms with van der Waals surface area (Å²) in [6.45, 7) is 6.29. The normalized spacial score (nSPS) is 18.8. The van der Waals surface area contributed by atoms with E-state index in [4.69, 9.17) is 4.52 Å². The highest BCUT2D eigenvalue weighted by atomic mass is 16.5. The molecular formula is C14H22N2O2. The third-order valence-electron chi connectivity index (χ3n) is 3.89. The van der Waals surface area contributed by atoms with Crippen molar-refractivity contribution >= 4 is 11.8 Å². The molecule has 0 bridgehead atoms. The molecule has 1 aliphatic carbocycles. The second-order valence-electron chi connectivity index (χ2n) is 5.29. The molecule has 1 amide bonds. The molecule has 0 radical (unpaired) electrons. The van der Waals surface area contributed by atoms with Gasteiger partial charge in [0.1, 0.15) is 0 Å². The molecule has 0 aromatic carbocycles. The van der Waals surface area contributed by atoms with Gasteiger partial charge in [0.05, 0.1) is 5.69 Å². The summed E-state index contributed by atoms with van der Waals surface area (Å²) in [5.74, 6) is 1.33. The van der Waals surface area contributed by atoms with Crippen molar-refractivity contribution in [3.63, 3.8) is 0 Å². The third-order valence-corrected chi connectivity index (χ3v) is 3.89. The maximum atomic E-state index is 12.0. The topological polar surface area (TPSA) is 55.1 Å². The van der Waals surface area contributed by atoms with Gasteiger partial charge in [-0.05, 0) is 38.0 Å². The Labute approximate surface area is 108 Å². The van der Waals surface area contributed by atoms with Gasteiger partial charge in [0.25, 0.3) is 0 Å². The van der Waals surface area contributed by atoms with Crippen molar-refractivity contribution in [3.05, 3.63) is 11.3 Å². The quantitative estimate of drug-likeness (QED) is 0.893. The largest absolute Gasteiger partial charge is 0.338 e. The van der Waals surface area contributed by atoms with E-state index in [9.17, 15) is 4.79 Å². The molecule has 1 atom stereocenters. The van der Waals surface area contributed by atoms with Crippen LogP contribution in [-0.2, 0) is 17.6 Å². The predicted octanol–water partition coefficient (Wildman–Crippen LogP) is 3.17. The summed E-state index contributed by atoms with van der Waals surface area (Å²) in [6.07, 6.45) is 4.78. The summed E-state index contributed by atoms with van der Waals surface area (Å²) >= 11 is 0. The summed E-state index contributed by atoms with van der Waals surface area (Å²) in [4.78, 5) is 12.0. The van der Waals surface area contributed by atoms with E-state index in [1.54, 1.807) is 0 Å². The summed E-state index contributed by atoms with van der Waals surface area (Å²) in [7, 11) is 0. The molecule has 0 spiro atoms. The van der Waals surface area contributed by atoms with Crippen LogP contribution in [0.1, 0.15) is 51.3 Å². The van der Waals surface area contributed by atoms with E-state index in [1.165, 1.54) is 0 Å². The van der Waals surface area contributed by atoms with Crippen molar-refractivity contribution in [2.45, 2.75) is 52.9 Å². The average molecular weight is 250 g/mol. The van der Waals surface area contributed by atoms with Gasteiger partial charge < -0.3 is 4.52 Å². The molecule has 100 valence electrons. The molecular weight excluding hydrogens is 228 g/mol. The Balaban J connectivity index is 2.11. The number of aromatic nitrogens is 1. The van der Waals surface area contributed by atoms with Crippen LogP contribution in [0.15, 0.2) is 4.52 Å². The molecule has 4 nitrogen and oxygen atoms in total. The summed E-state index contributed by atoms with van der Waals surface area (Å²) in [5, 5.41) is 6.97. The first-order valence-electron chi connectivity index (χ1n) is 6.93. The van der Waals surface area contributed by atoms with Gasteiger partial charge in [-0.25, -0.2) is 0 Å². The van der Waals surface area contributed by atoms with Gasteiger partial charge >= 0.3 is 0 Å². The van der Waals surface area contributed by atoms with Gasteiger partial charge in [0.15, 0.2) is 0 Å². The van der Waals surface area contributed by atoms with Crippen LogP contribution in [0.2, 0.25) is 0 Å². The Hall–Kier alpha value is -1.32. The first kappa shape index (κ1) is 13.1. The fourth-order valence-electron chi connectivity index (χ4n) is 2.55. The number of hydrogen-bond acceptors (Lipinski definition) is 3. The number of anilines is 1. The molecule has 1 N–H and O–H groups in total. The van der Waals surface area contributed by atoms with E-state index in [-0.39, 0.29) is 11.8 Å². The molecule has 0 fully saturated rings. The van der Waals surface area contributed by atoms with E-state index in [1.807, 2.05) is 13.8 Å². The van der Waals surface area contributed by atoms with Crippen LogP contribution >= 0.6 is 0 Å². The lowest BCUT2D eigenvalue weighted by molar-refractivity contribution is -0.120. The molecule has 1 heterocycles. The zero-order valence-electron chi connectivity index (χ0n) is 11.5. The Kier molecular flexibility index (Phi) is 4.04. The second kappa shape index (κ2) is 5.55. The van der Waals surface area contributed by atoms with Gasteiger partial charge in [0, 0.05) is 11.5 Å². The van der Waals surface area contributed by atoms with Gasteiger partial charge in [-0.15, -0.1) is 0 Å². The number of nitrogens with one attached hydrogen (secondary N) is 1. The zero-order chi connectivity index (χ0) is 13.1. The highest BCUT2D eigenvalue weighted by Crippen LogP contribution is 2.30. The van der Waals surface area contributed by atoms with Crippen molar-refractivity contribution in [1.82, 2.24) is 5.16 Å². The van der Waals surface area contributed by atoms with Crippen LogP contribution in [0.25, 0.3) is 0 Å². The highest BCUT2D eigenvalue weighted by molar-refractivity contribution is 5.91. The van der Waals surface area contributed by atoms with Gasteiger partial charge in [-0.2, -0.15) is 0 Å². The number of aryl methyl sites for hydroxylation is 1. The van der Waals surface area contributed by atoms with E-state index >= 15 is 0 Å². The standard InChI is InChI=1S/C14H22N2O2/c1-4-10(5-2)13(17)15-14-11-8-9(3)6-7-12(11)16-18-14/h9-10H,4-8H2,1-3H3,(H,15,17)/t9-/m0/s1. The number of fused-ring (bicyclic) bond motifs is 1. The monoisotopic (exact) mass is 250 g/mol. The molecule has 1 aromatic rings. The number of rotatable bonds is 4. The lowest BCUT2D eigenvalue weighted by Gasteiger charge is -2.17. The Morgan fingerprint density at radius 1 is 1.50 bits per heavy atom. The summed E-state index contributed by atoms with van der Waals surface area (Å²) in [6, 6.07) is 0. The van der Waals surface area contributed by atoms with Crippen LogP contribution in [0, 0.1) is 11.8 Å². The number of nitrogens with zero attached hydrogens (tertiary/aromatic N) is 1. The summed E-state index contributed by atoms with van der Waals surface area (Å²) < 4.78 is 5.29. The molecule has 1 aliphatic rings. The van der Waals surface area contributed by atoms with E-state index in [0.717, 1.165) is 43.4 Å². The molecule has 0 aliphatic heterocycles. The maximum Gasteiger partial charge on any atom is 0.234 e. The van der Waals surface area contributed by atoms with Crippen LogP contribution in [0.3, 0.4) is 0 Å². The highest BCUT2D eigenvalue weighted by Gasteiger charge is 2.25. The minimum absolute atomic E-state index is 0.0529. The van der Waals surface area contributed by atoms with Crippen LogP contribution < -0.4 is 5.32 Å². The lowest BCUT2D eigenvalue weighted by Crippen LogP contribution is -2.22. The maximum absolute atomic E-state index is 12.0. The Bertz CT molecular complexity index is 421. The molecule has 4 heteroatoms. The van der Waals surface area contributed by atoms with Crippen molar-refractivity contribution < 1.29 is 9.32 Å². The van der Waals surface area contributed by atoms with Crippen molar-refractivity contribution in [2.75, 3.05) is 5.32 Å². The zero-order valence-corrected chi connectivity index (χ0v) is 11.5. The predicted molar refractivity (Wildman–Crippen MR) is 70.4 cm³/mol. The van der Waals surface area contributed by atoms with E-state index in [2.05, 4.69) is 17.4 Å². The molecule has 1 aromatic heterocycles. The van der Waals surface area contributed by atoms with E-state index in [0.29, 0.717) is 11.8 Å². The van der Waals surface area contributed by atoms with Crippen molar-refractivity contribution in [3.8, 4) is 0 Å². The first-order valence-corrected chi connectivity index (χ1v) is 6.93. The van der Waals surface area contributed by atoms with Crippen molar-refractivity contribution in [1.29, 1.82) is 0 Å². The molecule has 2 rings (SSSR count).